The smallest absolute Gasteiger partial charge is 0.271 e. The number of hydrogen-bond donors (Lipinski definition) is 0. The molecule has 1 aromatic heterocycles. The molecule has 0 amide bonds. The minimum Gasteiger partial charge on any atom is -0.271 e. The average molecular weight is 783 g/mol. The van der Waals surface area contributed by atoms with E-state index >= 15 is 0 Å². The fraction of sp³-hybridized carbons (Fsp3) is 0.130. The number of rotatable bonds is 15. The van der Waals surface area contributed by atoms with E-state index in [1.54, 1.807) is 0 Å². The van der Waals surface area contributed by atoms with Crippen molar-refractivity contribution in [1.29, 1.82) is 0 Å². The number of benzene rings is 6. The molecule has 1 aliphatic rings. The lowest BCUT2D eigenvalue weighted by atomic mass is 9.79. The summed E-state index contributed by atoms with van der Waals surface area (Å²) in [6, 6.07) is 58.5. The lowest BCUT2D eigenvalue weighted by molar-refractivity contribution is -0.780. The van der Waals surface area contributed by atoms with Crippen LogP contribution in [-0.2, 0) is 12.3 Å². The van der Waals surface area contributed by atoms with Crippen LogP contribution >= 0.6 is 15.9 Å². The van der Waals surface area contributed by atoms with Crippen molar-refractivity contribution in [3.8, 4) is 34.5 Å². The van der Waals surface area contributed by atoms with Crippen LogP contribution in [0.25, 0.3) is 0 Å². The number of aromatic nitrogens is 2. The summed E-state index contributed by atoms with van der Waals surface area (Å²) >= 11 is 0. The molecule has 1 fully saturated rings. The highest BCUT2D eigenvalue weighted by Gasteiger charge is 2.93. The predicted molar refractivity (Wildman–Crippen MR) is 220 cm³/mol. The quantitative estimate of drug-likeness (QED) is 0.0762. The minimum atomic E-state index is -3.63. The third kappa shape index (κ3) is 7.64. The monoisotopic (exact) mass is 782 g/mol. The summed E-state index contributed by atoms with van der Waals surface area (Å²) in [5, 5.41) is -1.73. The van der Waals surface area contributed by atoms with Gasteiger partial charge >= 0.3 is 21.2 Å². The highest BCUT2D eigenvalue weighted by atomic mass is 31.2. The molecule has 1 heterocycles. The van der Waals surface area contributed by atoms with Gasteiger partial charge in [-0.05, 0) is 79.7 Å². The number of hydrogen-bond acceptors (Lipinski definition) is 6. The molecule has 8 rings (SSSR count). The highest BCUT2D eigenvalue weighted by Crippen LogP contribution is 2.85. The fourth-order valence-corrected chi connectivity index (χ4v) is 13.5. The second kappa shape index (κ2) is 16.0. The number of nitrogens with zero attached hydrogens (tertiary/aromatic N) is 2. The molecule has 0 bridgehead atoms. The van der Waals surface area contributed by atoms with Gasteiger partial charge in [0.05, 0.1) is 0 Å². The van der Waals surface area contributed by atoms with Crippen molar-refractivity contribution >= 4 is 15.9 Å². The van der Waals surface area contributed by atoms with Gasteiger partial charge in [0.1, 0.15) is 19.9 Å². The van der Waals surface area contributed by atoms with E-state index in [0.29, 0.717) is 47.3 Å². The van der Waals surface area contributed by atoms with Gasteiger partial charge in [-0.25, -0.2) is 0 Å². The van der Waals surface area contributed by atoms with Crippen LogP contribution in [0.2, 0.25) is 0 Å². The van der Waals surface area contributed by atoms with Crippen molar-refractivity contribution in [2.45, 2.75) is 30.2 Å². The summed E-state index contributed by atoms with van der Waals surface area (Å²) in [4.78, 5) is 0. The molecule has 10 heteroatoms. The Morgan fingerprint density at radius 2 is 0.625 bits per heavy atom. The molecular formula is C46H44N2O6P2+4. The first-order chi connectivity index (χ1) is 27.4. The molecule has 280 valence electrons. The van der Waals surface area contributed by atoms with E-state index in [1.165, 1.54) is 0 Å². The normalized spacial score (nSPS) is 17.8. The van der Waals surface area contributed by atoms with Crippen LogP contribution in [0.4, 0.5) is 0 Å². The minimum absolute atomic E-state index is 0.416. The zero-order chi connectivity index (χ0) is 38.3. The van der Waals surface area contributed by atoms with Crippen LogP contribution < -0.4 is 36.3 Å². The molecule has 6 aromatic carbocycles. The molecule has 0 atom stereocenters. The molecule has 0 unspecified atom stereocenters. The summed E-state index contributed by atoms with van der Waals surface area (Å²) in [5.41, 5.74) is 0. The maximum Gasteiger partial charge on any atom is 0.619 e. The van der Waals surface area contributed by atoms with E-state index in [1.807, 2.05) is 206 Å². The van der Waals surface area contributed by atoms with Gasteiger partial charge in [-0.2, -0.15) is 4.57 Å². The van der Waals surface area contributed by atoms with Crippen molar-refractivity contribution in [2.75, 3.05) is 0 Å². The maximum absolute atomic E-state index is 7.29. The van der Waals surface area contributed by atoms with Crippen LogP contribution in [0.5, 0.6) is 34.5 Å². The molecule has 8 nitrogen and oxygen atoms in total. The van der Waals surface area contributed by atoms with Gasteiger partial charge in [0.15, 0.2) is 34.5 Å². The van der Waals surface area contributed by atoms with E-state index in [9.17, 15) is 0 Å². The standard InChI is InChI=1S/C46H44N2O6P2/c1-45(55(49-39-21-9-3-10-22-39,50-40-23-11-4-12-24-40)51-41-25-13-5-14-26-41)37-46(38-45,48-35-33-47(2)34-36-48)56(52-42-27-15-6-16-28-42,53-43-29-17-7-18-30-43)54-44-31-19-8-20-32-44/h3-36H,37-38H2,1-2H3/q+4. The summed E-state index contributed by atoms with van der Waals surface area (Å²) in [5.74, 6) is 3.75. The van der Waals surface area contributed by atoms with Gasteiger partial charge < -0.3 is 0 Å². The van der Waals surface area contributed by atoms with Crippen LogP contribution in [0.15, 0.2) is 207 Å². The van der Waals surface area contributed by atoms with Crippen molar-refractivity contribution < 1.29 is 36.3 Å². The first-order valence-electron chi connectivity index (χ1n) is 18.5. The van der Waals surface area contributed by atoms with E-state index in [-0.39, 0.29) is 0 Å². The Hall–Kier alpha value is -5.94. The van der Waals surface area contributed by atoms with Crippen molar-refractivity contribution in [3.05, 3.63) is 207 Å². The molecule has 1 aliphatic carbocycles. The Morgan fingerprint density at radius 3 is 0.893 bits per heavy atom. The van der Waals surface area contributed by atoms with Gasteiger partial charge in [0.2, 0.25) is 29.9 Å². The van der Waals surface area contributed by atoms with Crippen LogP contribution in [0, 0.1) is 0 Å². The molecule has 0 N–H and O–H groups in total. The Labute approximate surface area is 329 Å². The van der Waals surface area contributed by atoms with Crippen LogP contribution in [-0.4, -0.2) is 5.16 Å². The Balaban J connectivity index is 1.35. The topological polar surface area (TPSA) is 63.1 Å². The van der Waals surface area contributed by atoms with Crippen molar-refractivity contribution in [1.82, 2.24) is 0 Å². The zero-order valence-electron chi connectivity index (χ0n) is 31.3. The summed E-state index contributed by atoms with van der Waals surface area (Å²) in [6.45, 7) is 2.18. The highest BCUT2D eigenvalue weighted by molar-refractivity contribution is 7.66. The third-order valence-electron chi connectivity index (χ3n) is 9.72. The van der Waals surface area contributed by atoms with Crippen LogP contribution in [0.1, 0.15) is 19.8 Å². The number of aryl methyl sites for hydroxylation is 1. The van der Waals surface area contributed by atoms with Crippen molar-refractivity contribution in [2.24, 2.45) is 7.05 Å². The largest absolute Gasteiger partial charge is 0.619 e. The molecule has 0 radical (unpaired) electrons. The van der Waals surface area contributed by atoms with E-state index < -0.39 is 26.3 Å². The summed E-state index contributed by atoms with van der Waals surface area (Å²) in [6.07, 6.45) is 8.98. The average Bonchev–Trinajstić information content (AvgIpc) is 3.22. The van der Waals surface area contributed by atoms with E-state index in [4.69, 9.17) is 27.1 Å². The lowest BCUT2D eigenvalue weighted by Gasteiger charge is -2.48. The lowest BCUT2D eigenvalue weighted by Crippen LogP contribution is -2.72. The van der Waals surface area contributed by atoms with Gasteiger partial charge in [-0.15, -0.1) is 4.57 Å². The second-order valence-corrected chi connectivity index (χ2v) is 18.9. The van der Waals surface area contributed by atoms with Crippen molar-refractivity contribution in [3.63, 3.8) is 0 Å². The number of para-hydroxylation sites is 6. The summed E-state index contributed by atoms with van der Waals surface area (Å²) in [7, 11) is -5.10. The molecule has 1 saturated carbocycles. The van der Waals surface area contributed by atoms with Gasteiger partial charge in [-0.3, -0.25) is 27.1 Å². The van der Waals surface area contributed by atoms with E-state index in [0.717, 1.165) is 0 Å². The summed E-state index contributed by atoms with van der Waals surface area (Å²) < 4.78 is 47.6. The Bertz CT molecular complexity index is 2080. The first-order valence-corrected chi connectivity index (χ1v) is 21.6. The SMILES string of the molecule is C[n+]1cc[n+](C2([P+](Oc3ccccc3)(Oc3ccccc3)Oc3ccccc3)CC(C)([P+](Oc3ccccc3)(Oc3ccccc3)Oc3ccccc3)C2)cc1. The van der Waals surface area contributed by atoms with Gasteiger partial charge in [0, 0.05) is 0 Å². The zero-order valence-corrected chi connectivity index (χ0v) is 33.1. The molecule has 0 saturated heterocycles. The third-order valence-corrected chi connectivity index (χ3v) is 15.6. The Kier molecular flexibility index (Phi) is 10.6. The molecular weight excluding hydrogens is 738 g/mol. The van der Waals surface area contributed by atoms with Crippen LogP contribution in [0.3, 0.4) is 0 Å². The Morgan fingerprint density at radius 1 is 0.375 bits per heavy atom. The fourth-order valence-electron chi connectivity index (χ4n) is 7.03. The van der Waals surface area contributed by atoms with E-state index in [2.05, 4.69) is 23.9 Å². The van der Waals surface area contributed by atoms with Gasteiger partial charge in [0.25, 0.3) is 0 Å². The second-order valence-electron chi connectivity index (χ2n) is 13.9. The molecule has 0 aliphatic heterocycles. The molecule has 7 aromatic rings. The first kappa shape index (κ1) is 37.0. The molecule has 56 heavy (non-hydrogen) atoms. The maximum atomic E-state index is 7.29. The van der Waals surface area contributed by atoms with Gasteiger partial charge in [-0.1, -0.05) is 109 Å². The molecule has 0 spiro atoms. The predicted octanol–water partition coefficient (Wildman–Crippen LogP) is 11.0.